The van der Waals surface area contributed by atoms with E-state index in [2.05, 4.69) is 47.8 Å². The third-order valence-electron chi connectivity index (χ3n) is 8.72. The number of carbonyl (C=O) groups excluding carboxylic acids is 3. The lowest BCUT2D eigenvalue weighted by Gasteiger charge is -2.47. The highest BCUT2D eigenvalue weighted by atomic mass is 35.5. The number of rotatable bonds is 8. The van der Waals surface area contributed by atoms with E-state index in [0.29, 0.717) is 36.1 Å². The Bertz CT molecular complexity index is 1550. The Morgan fingerprint density at radius 3 is 2.66 bits per heavy atom. The Hall–Kier alpha value is -3.59. The molecular weight excluding hydrogens is 597 g/mol. The van der Waals surface area contributed by atoms with Crippen molar-refractivity contribution in [2.75, 3.05) is 19.6 Å². The number of hydrogen-bond acceptors (Lipinski definition) is 4. The Morgan fingerprint density at radius 2 is 1.89 bits per heavy atom. The maximum absolute atomic E-state index is 14.2. The van der Waals surface area contributed by atoms with Crippen LogP contribution in [0.2, 0.25) is 10.0 Å². The van der Waals surface area contributed by atoms with Gasteiger partial charge in [0.25, 0.3) is 0 Å². The van der Waals surface area contributed by atoms with Gasteiger partial charge in [-0.2, -0.15) is 5.01 Å². The van der Waals surface area contributed by atoms with Crippen molar-refractivity contribution in [2.24, 2.45) is 0 Å². The number of hydrazine groups is 1. The molecule has 2 fully saturated rings. The SMILES string of the molecule is CCCN(C(=O)NCc1ccc(Cl)c(Cl)c1)N1CC(=O)N2C(C3=CCCC=C3)C(=O)N(Cc3cccc4c3C=CCC4)C[C@@H]21. The minimum Gasteiger partial charge on any atom is -0.333 e. The van der Waals surface area contributed by atoms with E-state index >= 15 is 0 Å². The molecule has 2 heterocycles. The molecule has 2 saturated heterocycles. The van der Waals surface area contributed by atoms with Gasteiger partial charge in [-0.25, -0.2) is 4.79 Å². The number of hydrogen-bond donors (Lipinski definition) is 1. The summed E-state index contributed by atoms with van der Waals surface area (Å²) in [6.07, 6.45) is 14.4. The van der Waals surface area contributed by atoms with E-state index in [0.717, 1.165) is 42.4 Å². The molecule has 1 N–H and O–H groups in total. The van der Waals surface area contributed by atoms with Gasteiger partial charge in [0.05, 0.1) is 23.1 Å². The highest BCUT2D eigenvalue weighted by Crippen LogP contribution is 2.34. The summed E-state index contributed by atoms with van der Waals surface area (Å²) in [4.78, 5) is 45.2. The monoisotopic (exact) mass is 633 g/mol. The van der Waals surface area contributed by atoms with Gasteiger partial charge >= 0.3 is 6.03 Å². The lowest BCUT2D eigenvalue weighted by atomic mass is 9.92. The fraction of sp³-hybridized carbons (Fsp3) is 0.382. The van der Waals surface area contributed by atoms with E-state index in [1.165, 1.54) is 11.1 Å². The molecule has 4 aliphatic rings. The van der Waals surface area contributed by atoms with E-state index in [9.17, 15) is 14.4 Å². The predicted molar refractivity (Wildman–Crippen MR) is 172 cm³/mol. The van der Waals surface area contributed by atoms with Crippen LogP contribution in [0.25, 0.3) is 6.08 Å². The van der Waals surface area contributed by atoms with Crippen molar-refractivity contribution in [1.82, 2.24) is 25.1 Å². The summed E-state index contributed by atoms with van der Waals surface area (Å²) < 4.78 is 0. The molecule has 10 heteroatoms. The van der Waals surface area contributed by atoms with Crippen molar-refractivity contribution in [3.8, 4) is 0 Å². The molecule has 2 atom stereocenters. The highest BCUT2D eigenvalue weighted by molar-refractivity contribution is 6.42. The van der Waals surface area contributed by atoms with Crippen LogP contribution < -0.4 is 5.32 Å². The van der Waals surface area contributed by atoms with Crippen LogP contribution in [-0.2, 0) is 29.1 Å². The van der Waals surface area contributed by atoms with Crippen molar-refractivity contribution in [3.05, 3.63) is 98.6 Å². The molecule has 8 nitrogen and oxygen atoms in total. The lowest BCUT2D eigenvalue weighted by Crippen LogP contribution is -2.65. The topological polar surface area (TPSA) is 76.2 Å². The smallest absolute Gasteiger partial charge is 0.332 e. The molecule has 44 heavy (non-hydrogen) atoms. The molecular formula is C34H37Cl2N5O3. The summed E-state index contributed by atoms with van der Waals surface area (Å²) >= 11 is 12.3. The number of fused-ring (bicyclic) bond motifs is 2. The molecule has 230 valence electrons. The second kappa shape index (κ2) is 13.2. The molecule has 2 aromatic rings. The third-order valence-corrected chi connectivity index (χ3v) is 9.46. The highest BCUT2D eigenvalue weighted by Gasteiger charge is 2.53. The zero-order valence-corrected chi connectivity index (χ0v) is 26.4. The second-order valence-corrected chi connectivity index (χ2v) is 12.5. The van der Waals surface area contributed by atoms with Crippen LogP contribution in [0, 0.1) is 0 Å². The van der Waals surface area contributed by atoms with Crippen LogP contribution >= 0.6 is 23.2 Å². The predicted octanol–water partition coefficient (Wildman–Crippen LogP) is 5.95. The van der Waals surface area contributed by atoms with Gasteiger partial charge < -0.3 is 15.1 Å². The minimum absolute atomic E-state index is 0.0168. The van der Waals surface area contributed by atoms with Crippen molar-refractivity contribution in [1.29, 1.82) is 0 Å². The van der Waals surface area contributed by atoms with Gasteiger partial charge in [-0.15, -0.1) is 0 Å². The Morgan fingerprint density at radius 1 is 1.05 bits per heavy atom. The summed E-state index contributed by atoms with van der Waals surface area (Å²) in [5.41, 5.74) is 5.21. The first-order valence-electron chi connectivity index (χ1n) is 15.4. The van der Waals surface area contributed by atoms with Crippen LogP contribution in [0.3, 0.4) is 0 Å². The number of urea groups is 1. The van der Waals surface area contributed by atoms with Gasteiger partial charge in [0.2, 0.25) is 11.8 Å². The number of amides is 4. The molecule has 0 saturated carbocycles. The molecule has 0 bridgehead atoms. The molecule has 0 aromatic heterocycles. The largest absolute Gasteiger partial charge is 0.333 e. The first kappa shape index (κ1) is 30.4. The number of allylic oxidation sites excluding steroid dienone is 3. The Balaban J connectivity index is 1.30. The maximum atomic E-state index is 14.2. The molecule has 2 aromatic carbocycles. The third kappa shape index (κ3) is 6.03. The molecule has 0 spiro atoms. The van der Waals surface area contributed by atoms with Crippen LogP contribution in [0.4, 0.5) is 4.79 Å². The van der Waals surface area contributed by atoms with E-state index in [1.807, 2.05) is 29.0 Å². The summed E-state index contributed by atoms with van der Waals surface area (Å²) in [6.45, 7) is 3.42. The molecule has 6 rings (SSSR count). The number of nitrogens with zero attached hydrogens (tertiary/aromatic N) is 4. The number of benzene rings is 2. The maximum Gasteiger partial charge on any atom is 0.332 e. The van der Waals surface area contributed by atoms with Gasteiger partial charge in [-0.1, -0.05) is 84.8 Å². The van der Waals surface area contributed by atoms with Gasteiger partial charge in [0, 0.05) is 19.6 Å². The first-order valence-corrected chi connectivity index (χ1v) is 16.1. The van der Waals surface area contributed by atoms with E-state index < -0.39 is 12.2 Å². The first-order chi connectivity index (χ1) is 21.4. The summed E-state index contributed by atoms with van der Waals surface area (Å²) in [6, 6.07) is 10.5. The van der Waals surface area contributed by atoms with Gasteiger partial charge in [0.1, 0.15) is 12.2 Å². The average molecular weight is 635 g/mol. The molecule has 2 aliphatic carbocycles. The van der Waals surface area contributed by atoms with Gasteiger partial charge in [-0.3, -0.25) is 14.6 Å². The van der Waals surface area contributed by atoms with Crippen molar-refractivity contribution < 1.29 is 14.4 Å². The Kier molecular flexibility index (Phi) is 9.12. The van der Waals surface area contributed by atoms with Crippen molar-refractivity contribution in [2.45, 2.75) is 64.3 Å². The van der Waals surface area contributed by atoms with E-state index in [-0.39, 0.29) is 30.9 Å². The van der Waals surface area contributed by atoms with Gasteiger partial charge in [0.15, 0.2) is 0 Å². The standard InChI is InChI=1S/C34H37Cl2N5O3/c1-2-17-39(34(44)37-19-23-15-16-28(35)29(36)18-23)40-22-31(42)41-30(40)21-38(33(43)32(41)25-10-4-3-5-11-25)20-26-13-8-12-24-9-6-7-14-27(24)26/h4,7-8,10-16,18,30,32H,2-3,5-6,9,17,19-22H2,1H3,(H,37,44)/t30-,32?/m1/s1. The van der Waals surface area contributed by atoms with Crippen LogP contribution in [0.5, 0.6) is 0 Å². The number of piperazine rings is 1. The summed E-state index contributed by atoms with van der Waals surface area (Å²) in [7, 11) is 0. The normalized spacial score (nSPS) is 21.3. The number of nitrogens with one attached hydrogen (secondary N) is 1. The summed E-state index contributed by atoms with van der Waals surface area (Å²) in [5.74, 6) is -0.246. The quantitative estimate of drug-likeness (QED) is 0.390. The molecule has 1 unspecified atom stereocenters. The van der Waals surface area contributed by atoms with Crippen LogP contribution in [0.15, 0.2) is 66.3 Å². The molecule has 2 aliphatic heterocycles. The van der Waals surface area contributed by atoms with E-state index in [4.69, 9.17) is 23.2 Å². The Labute approximate surface area is 268 Å². The van der Waals surface area contributed by atoms with Gasteiger partial charge in [-0.05, 0) is 72.1 Å². The average Bonchev–Trinajstić information content (AvgIpc) is 3.36. The van der Waals surface area contributed by atoms with Crippen molar-refractivity contribution >= 4 is 47.1 Å². The number of halogens is 2. The fourth-order valence-electron chi connectivity index (χ4n) is 6.60. The number of aryl methyl sites for hydroxylation is 1. The molecule has 0 radical (unpaired) electrons. The fourth-order valence-corrected chi connectivity index (χ4v) is 6.92. The van der Waals surface area contributed by atoms with Crippen molar-refractivity contribution in [3.63, 3.8) is 0 Å². The van der Waals surface area contributed by atoms with E-state index in [1.54, 1.807) is 22.0 Å². The molecule has 4 amide bonds. The summed E-state index contributed by atoms with van der Waals surface area (Å²) in [5, 5.41) is 7.33. The number of carbonyl (C=O) groups is 3. The van der Waals surface area contributed by atoms with Crippen LogP contribution in [0.1, 0.15) is 54.9 Å². The lowest BCUT2D eigenvalue weighted by molar-refractivity contribution is -0.155. The minimum atomic E-state index is -0.736. The zero-order chi connectivity index (χ0) is 30.8. The zero-order valence-electron chi connectivity index (χ0n) is 24.8. The van der Waals surface area contributed by atoms with Crippen LogP contribution in [-0.4, -0.2) is 69.5 Å². The second-order valence-electron chi connectivity index (χ2n) is 11.6.